The Balaban J connectivity index is 2.01. The fourth-order valence-corrected chi connectivity index (χ4v) is 3.06. The number of hydrogen-bond donors (Lipinski definition) is 2. The van der Waals surface area contributed by atoms with Gasteiger partial charge in [0.25, 0.3) is 0 Å². The molecular formula is C21H28N2O3. The highest BCUT2D eigenvalue weighted by atomic mass is 16.3. The molecule has 0 spiro atoms. The van der Waals surface area contributed by atoms with E-state index in [0.29, 0.717) is 13.1 Å². The summed E-state index contributed by atoms with van der Waals surface area (Å²) in [6.45, 7) is 4.87. The third-order valence-corrected chi connectivity index (χ3v) is 4.29. The summed E-state index contributed by atoms with van der Waals surface area (Å²) in [5.74, 6) is -0.483. The van der Waals surface area contributed by atoms with Crippen molar-refractivity contribution in [1.29, 1.82) is 0 Å². The van der Waals surface area contributed by atoms with E-state index in [1.807, 2.05) is 56.3 Å². The average Bonchev–Trinajstić information content (AvgIpc) is 2.65. The molecule has 5 nitrogen and oxygen atoms in total. The zero-order valence-electron chi connectivity index (χ0n) is 15.6. The van der Waals surface area contributed by atoms with Gasteiger partial charge in [-0.05, 0) is 29.2 Å². The summed E-state index contributed by atoms with van der Waals surface area (Å²) in [5.41, 5.74) is 0.879. The lowest BCUT2D eigenvalue weighted by Crippen LogP contribution is -2.51. The van der Waals surface area contributed by atoms with Gasteiger partial charge >= 0.3 is 0 Å². The molecule has 1 atom stereocenters. The first-order valence-electron chi connectivity index (χ1n) is 9.25. The maximum atomic E-state index is 12.6. The van der Waals surface area contributed by atoms with Gasteiger partial charge in [0.05, 0.1) is 13.0 Å². The molecule has 1 unspecified atom stereocenters. The largest absolute Gasteiger partial charge is 0.394 e. The predicted octanol–water partition coefficient (Wildman–Crippen LogP) is 2.51. The molecule has 2 aromatic carbocycles. The van der Waals surface area contributed by atoms with Gasteiger partial charge in [0.2, 0.25) is 11.8 Å². The third-order valence-electron chi connectivity index (χ3n) is 4.29. The highest BCUT2D eigenvalue weighted by molar-refractivity contribution is 5.89. The number of hydrogen-bond acceptors (Lipinski definition) is 3. The molecule has 2 amide bonds. The van der Waals surface area contributed by atoms with Crippen molar-refractivity contribution in [2.45, 2.75) is 39.2 Å². The molecule has 0 aliphatic carbocycles. The summed E-state index contributed by atoms with van der Waals surface area (Å²) in [6, 6.07) is 13.0. The summed E-state index contributed by atoms with van der Waals surface area (Å²) in [7, 11) is 0. The number of amides is 2. The monoisotopic (exact) mass is 356 g/mol. The molecule has 0 saturated heterocycles. The molecule has 0 aromatic heterocycles. The lowest BCUT2D eigenvalue weighted by Gasteiger charge is -2.26. The topological polar surface area (TPSA) is 69.6 Å². The van der Waals surface area contributed by atoms with E-state index in [9.17, 15) is 14.7 Å². The first kappa shape index (κ1) is 19.9. The zero-order valence-corrected chi connectivity index (χ0v) is 15.6. The van der Waals surface area contributed by atoms with Crippen molar-refractivity contribution < 1.29 is 14.7 Å². The van der Waals surface area contributed by atoms with Gasteiger partial charge < -0.3 is 15.3 Å². The summed E-state index contributed by atoms with van der Waals surface area (Å²) < 4.78 is 0. The second-order valence-electron chi connectivity index (χ2n) is 6.49. The van der Waals surface area contributed by atoms with E-state index in [1.54, 1.807) is 4.90 Å². The van der Waals surface area contributed by atoms with Crippen molar-refractivity contribution in [2.75, 3.05) is 19.7 Å². The molecule has 0 aliphatic heterocycles. The molecule has 26 heavy (non-hydrogen) atoms. The van der Waals surface area contributed by atoms with Crippen LogP contribution in [0.2, 0.25) is 0 Å². The SMILES string of the molecule is CCCN(CCC)C(=O)C(CO)NC(=O)Cc1ccc2ccccc2c1. The molecule has 0 bridgehead atoms. The van der Waals surface area contributed by atoms with Gasteiger partial charge in [0, 0.05) is 13.1 Å². The Bertz CT molecular complexity index is 739. The van der Waals surface area contributed by atoms with Crippen LogP contribution in [-0.4, -0.2) is 47.6 Å². The van der Waals surface area contributed by atoms with Crippen LogP contribution in [0.1, 0.15) is 32.3 Å². The van der Waals surface area contributed by atoms with Crippen LogP contribution >= 0.6 is 0 Å². The van der Waals surface area contributed by atoms with Gasteiger partial charge in [-0.1, -0.05) is 56.3 Å². The highest BCUT2D eigenvalue weighted by Gasteiger charge is 2.24. The minimum atomic E-state index is -0.888. The number of fused-ring (bicyclic) bond motifs is 1. The lowest BCUT2D eigenvalue weighted by atomic mass is 10.0. The first-order valence-corrected chi connectivity index (χ1v) is 9.25. The molecule has 0 aliphatic rings. The Labute approximate surface area is 155 Å². The molecule has 0 saturated carbocycles. The van der Waals surface area contributed by atoms with Crippen LogP contribution in [0.15, 0.2) is 42.5 Å². The van der Waals surface area contributed by atoms with Gasteiger partial charge in [0.1, 0.15) is 6.04 Å². The standard InChI is InChI=1S/C21H28N2O3/c1-3-11-23(12-4-2)21(26)19(15-24)22-20(25)14-16-9-10-17-7-5-6-8-18(17)13-16/h5-10,13,19,24H,3-4,11-12,14-15H2,1-2H3,(H,22,25). The molecule has 5 heteroatoms. The van der Waals surface area contributed by atoms with E-state index in [1.165, 1.54) is 0 Å². The number of nitrogens with one attached hydrogen (secondary N) is 1. The molecule has 2 N–H and O–H groups in total. The summed E-state index contributed by atoms with van der Waals surface area (Å²) in [5, 5.41) is 14.5. The molecule has 0 heterocycles. The molecule has 140 valence electrons. The van der Waals surface area contributed by atoms with Crippen LogP contribution < -0.4 is 5.32 Å². The van der Waals surface area contributed by atoms with Gasteiger partial charge in [-0.25, -0.2) is 0 Å². The highest BCUT2D eigenvalue weighted by Crippen LogP contribution is 2.16. The molecule has 2 rings (SSSR count). The minimum Gasteiger partial charge on any atom is -0.394 e. The fourth-order valence-electron chi connectivity index (χ4n) is 3.06. The maximum absolute atomic E-state index is 12.6. The van der Waals surface area contributed by atoms with E-state index in [-0.39, 0.29) is 18.2 Å². The maximum Gasteiger partial charge on any atom is 0.247 e. The van der Waals surface area contributed by atoms with Gasteiger partial charge in [0.15, 0.2) is 0 Å². The quantitative estimate of drug-likeness (QED) is 0.725. The Morgan fingerprint density at radius 1 is 1.04 bits per heavy atom. The number of benzene rings is 2. The lowest BCUT2D eigenvalue weighted by molar-refractivity contribution is -0.137. The zero-order chi connectivity index (χ0) is 18.9. The summed E-state index contributed by atoms with van der Waals surface area (Å²) in [4.78, 5) is 26.6. The Hall–Kier alpha value is -2.40. The Morgan fingerprint density at radius 3 is 2.31 bits per heavy atom. The summed E-state index contributed by atoms with van der Waals surface area (Å²) in [6.07, 6.45) is 1.86. The van der Waals surface area contributed by atoms with Crippen LogP contribution in [0.4, 0.5) is 0 Å². The van der Waals surface area contributed by atoms with E-state index >= 15 is 0 Å². The van der Waals surface area contributed by atoms with Crippen LogP contribution in [0, 0.1) is 0 Å². The first-order chi connectivity index (χ1) is 12.6. The predicted molar refractivity (Wildman–Crippen MR) is 104 cm³/mol. The Kier molecular flexibility index (Phi) is 7.60. The van der Waals surface area contributed by atoms with Crippen molar-refractivity contribution in [3.8, 4) is 0 Å². The fraction of sp³-hybridized carbons (Fsp3) is 0.429. The Morgan fingerprint density at radius 2 is 1.69 bits per heavy atom. The van der Waals surface area contributed by atoms with E-state index in [2.05, 4.69) is 5.32 Å². The molecule has 2 aromatic rings. The smallest absolute Gasteiger partial charge is 0.247 e. The van der Waals surface area contributed by atoms with E-state index in [4.69, 9.17) is 0 Å². The van der Waals surface area contributed by atoms with Crippen molar-refractivity contribution in [3.63, 3.8) is 0 Å². The molecule has 0 radical (unpaired) electrons. The second kappa shape index (κ2) is 9.92. The number of carbonyl (C=O) groups is 2. The second-order valence-corrected chi connectivity index (χ2v) is 6.49. The minimum absolute atomic E-state index is 0.177. The number of aliphatic hydroxyl groups excluding tert-OH is 1. The van der Waals surface area contributed by atoms with Gasteiger partial charge in [-0.3, -0.25) is 9.59 Å². The van der Waals surface area contributed by atoms with Gasteiger partial charge in [-0.15, -0.1) is 0 Å². The summed E-state index contributed by atoms with van der Waals surface area (Å²) >= 11 is 0. The number of nitrogens with zero attached hydrogens (tertiary/aromatic N) is 1. The van der Waals surface area contributed by atoms with E-state index in [0.717, 1.165) is 29.2 Å². The van der Waals surface area contributed by atoms with Crippen molar-refractivity contribution in [3.05, 3.63) is 48.0 Å². The number of aliphatic hydroxyl groups is 1. The molecule has 0 fully saturated rings. The van der Waals surface area contributed by atoms with Crippen LogP contribution in [0.5, 0.6) is 0 Å². The number of rotatable bonds is 9. The average molecular weight is 356 g/mol. The van der Waals surface area contributed by atoms with Crippen LogP contribution in [0.3, 0.4) is 0 Å². The van der Waals surface area contributed by atoms with Crippen molar-refractivity contribution in [2.24, 2.45) is 0 Å². The van der Waals surface area contributed by atoms with Crippen LogP contribution in [-0.2, 0) is 16.0 Å². The third kappa shape index (κ3) is 5.30. The van der Waals surface area contributed by atoms with Crippen molar-refractivity contribution >= 4 is 22.6 Å². The molecular weight excluding hydrogens is 328 g/mol. The number of carbonyl (C=O) groups excluding carboxylic acids is 2. The van der Waals surface area contributed by atoms with E-state index < -0.39 is 12.6 Å². The normalized spacial score (nSPS) is 12.0. The van der Waals surface area contributed by atoms with Crippen molar-refractivity contribution in [1.82, 2.24) is 10.2 Å². The van der Waals surface area contributed by atoms with Gasteiger partial charge in [-0.2, -0.15) is 0 Å². The van der Waals surface area contributed by atoms with Crippen LogP contribution in [0.25, 0.3) is 10.8 Å².